The lowest BCUT2D eigenvalue weighted by Gasteiger charge is -2.33. The van der Waals surface area contributed by atoms with Gasteiger partial charge in [-0.2, -0.15) is 0 Å². The average molecular weight is 172 g/mol. The molecule has 12 heavy (non-hydrogen) atoms. The van der Waals surface area contributed by atoms with Crippen molar-refractivity contribution in [1.29, 1.82) is 0 Å². The third kappa shape index (κ3) is 3.22. The molecule has 0 radical (unpaired) electrons. The minimum absolute atomic E-state index is 0.152. The predicted octanol–water partition coefficient (Wildman–Crippen LogP) is 0.886. The summed E-state index contributed by atoms with van der Waals surface area (Å²) in [4.78, 5) is 10.8. The molecule has 0 aliphatic heterocycles. The minimum Gasteiger partial charge on any atom is -0.370 e. The fraction of sp³-hybridized carbons (Fsp3) is 0.889. The SMILES string of the molecule is CCNC(C)(CC(N)=O)C(C)C. The molecule has 0 aliphatic rings. The fourth-order valence-electron chi connectivity index (χ4n) is 1.24. The third-order valence-electron chi connectivity index (χ3n) is 2.40. The molecule has 0 fully saturated rings. The molecule has 1 amide bonds. The van der Waals surface area contributed by atoms with Crippen molar-refractivity contribution in [3.63, 3.8) is 0 Å². The number of primary amides is 1. The maximum absolute atomic E-state index is 10.8. The van der Waals surface area contributed by atoms with E-state index in [9.17, 15) is 4.79 Å². The van der Waals surface area contributed by atoms with Crippen molar-refractivity contribution in [2.24, 2.45) is 11.7 Å². The summed E-state index contributed by atoms with van der Waals surface area (Å²) in [6.45, 7) is 9.10. The summed E-state index contributed by atoms with van der Waals surface area (Å²) < 4.78 is 0. The monoisotopic (exact) mass is 172 g/mol. The first-order chi connectivity index (χ1) is 5.42. The van der Waals surface area contributed by atoms with E-state index in [1.165, 1.54) is 0 Å². The highest BCUT2D eigenvalue weighted by atomic mass is 16.1. The van der Waals surface area contributed by atoms with Crippen LogP contribution in [0.5, 0.6) is 0 Å². The Morgan fingerprint density at radius 1 is 1.58 bits per heavy atom. The summed E-state index contributed by atoms with van der Waals surface area (Å²) in [5, 5.41) is 3.29. The first-order valence-corrected chi connectivity index (χ1v) is 4.45. The van der Waals surface area contributed by atoms with E-state index < -0.39 is 0 Å². The van der Waals surface area contributed by atoms with Gasteiger partial charge in [0.05, 0.1) is 0 Å². The lowest BCUT2D eigenvalue weighted by molar-refractivity contribution is -0.119. The molecule has 0 spiro atoms. The summed E-state index contributed by atoms with van der Waals surface area (Å²) >= 11 is 0. The van der Waals surface area contributed by atoms with Crippen molar-refractivity contribution in [3.8, 4) is 0 Å². The number of nitrogens with one attached hydrogen (secondary N) is 1. The molecule has 0 aromatic carbocycles. The largest absolute Gasteiger partial charge is 0.370 e. The molecule has 0 bridgehead atoms. The van der Waals surface area contributed by atoms with Crippen LogP contribution in [-0.4, -0.2) is 18.0 Å². The number of carbonyl (C=O) groups excluding carboxylic acids is 1. The summed E-state index contributed by atoms with van der Waals surface area (Å²) in [6.07, 6.45) is 0.401. The lowest BCUT2D eigenvalue weighted by atomic mass is 9.85. The summed E-state index contributed by atoms with van der Waals surface area (Å²) in [5.41, 5.74) is 5.02. The van der Waals surface area contributed by atoms with Crippen molar-refractivity contribution < 1.29 is 4.79 Å². The van der Waals surface area contributed by atoms with Crippen LogP contribution >= 0.6 is 0 Å². The number of amides is 1. The van der Waals surface area contributed by atoms with Gasteiger partial charge in [-0.05, 0) is 19.4 Å². The fourth-order valence-corrected chi connectivity index (χ4v) is 1.24. The molecule has 0 rings (SSSR count). The molecule has 1 atom stereocenters. The van der Waals surface area contributed by atoms with Crippen LogP contribution in [0.2, 0.25) is 0 Å². The van der Waals surface area contributed by atoms with Crippen LogP contribution in [0.3, 0.4) is 0 Å². The molecule has 3 N–H and O–H groups in total. The molecule has 3 nitrogen and oxygen atoms in total. The van der Waals surface area contributed by atoms with E-state index in [0.717, 1.165) is 6.54 Å². The van der Waals surface area contributed by atoms with Crippen LogP contribution in [0, 0.1) is 5.92 Å². The molecule has 1 unspecified atom stereocenters. The van der Waals surface area contributed by atoms with Crippen molar-refractivity contribution in [1.82, 2.24) is 5.32 Å². The van der Waals surface area contributed by atoms with Crippen molar-refractivity contribution in [3.05, 3.63) is 0 Å². The second-order valence-electron chi connectivity index (χ2n) is 3.75. The van der Waals surface area contributed by atoms with Crippen LogP contribution in [0.15, 0.2) is 0 Å². The van der Waals surface area contributed by atoms with Crippen LogP contribution in [0.4, 0.5) is 0 Å². The second-order valence-corrected chi connectivity index (χ2v) is 3.75. The highest BCUT2D eigenvalue weighted by molar-refractivity contribution is 5.75. The normalized spacial score (nSPS) is 16.1. The van der Waals surface area contributed by atoms with Gasteiger partial charge in [0.1, 0.15) is 0 Å². The minimum atomic E-state index is -0.243. The van der Waals surface area contributed by atoms with E-state index in [2.05, 4.69) is 19.2 Å². The Morgan fingerprint density at radius 2 is 2.08 bits per heavy atom. The number of rotatable bonds is 5. The Bertz CT molecular complexity index is 157. The third-order valence-corrected chi connectivity index (χ3v) is 2.40. The molecule has 0 saturated heterocycles. The van der Waals surface area contributed by atoms with Crippen LogP contribution < -0.4 is 11.1 Å². The van der Waals surface area contributed by atoms with E-state index >= 15 is 0 Å². The van der Waals surface area contributed by atoms with E-state index in [1.54, 1.807) is 0 Å². The number of nitrogens with two attached hydrogens (primary N) is 1. The molecular formula is C9H20N2O. The first kappa shape index (κ1) is 11.4. The zero-order chi connectivity index (χ0) is 9.78. The summed E-state index contributed by atoms with van der Waals surface area (Å²) in [7, 11) is 0. The van der Waals surface area contributed by atoms with Crippen molar-refractivity contribution in [2.45, 2.75) is 39.7 Å². The number of carbonyl (C=O) groups is 1. The van der Waals surface area contributed by atoms with Gasteiger partial charge in [-0.15, -0.1) is 0 Å². The standard InChI is InChI=1S/C9H20N2O/c1-5-11-9(4,7(2)3)6-8(10)12/h7,11H,5-6H2,1-4H3,(H2,10,12). The maximum atomic E-state index is 10.8. The van der Waals surface area contributed by atoms with Crippen molar-refractivity contribution >= 4 is 5.91 Å². The van der Waals surface area contributed by atoms with Gasteiger partial charge in [-0.3, -0.25) is 4.79 Å². The molecule has 0 aromatic rings. The highest BCUT2D eigenvalue weighted by Gasteiger charge is 2.28. The Labute approximate surface area is 74.7 Å². The Hall–Kier alpha value is -0.570. The first-order valence-electron chi connectivity index (χ1n) is 4.45. The maximum Gasteiger partial charge on any atom is 0.219 e. The molecule has 0 aromatic heterocycles. The van der Waals surface area contributed by atoms with Crippen LogP contribution in [-0.2, 0) is 4.79 Å². The summed E-state index contributed by atoms with van der Waals surface area (Å²) in [5.74, 6) is 0.164. The van der Waals surface area contributed by atoms with E-state index in [4.69, 9.17) is 5.73 Å². The smallest absolute Gasteiger partial charge is 0.219 e. The molecule has 0 heterocycles. The number of hydrogen-bond donors (Lipinski definition) is 2. The Morgan fingerprint density at radius 3 is 2.33 bits per heavy atom. The number of hydrogen-bond acceptors (Lipinski definition) is 2. The van der Waals surface area contributed by atoms with Crippen LogP contribution in [0.25, 0.3) is 0 Å². The van der Waals surface area contributed by atoms with Gasteiger partial charge in [-0.25, -0.2) is 0 Å². The predicted molar refractivity (Wildman–Crippen MR) is 50.7 cm³/mol. The lowest BCUT2D eigenvalue weighted by Crippen LogP contribution is -2.49. The topological polar surface area (TPSA) is 55.1 Å². The zero-order valence-corrected chi connectivity index (χ0v) is 8.48. The second kappa shape index (κ2) is 4.45. The molecule has 0 saturated carbocycles. The zero-order valence-electron chi connectivity index (χ0n) is 8.48. The van der Waals surface area contributed by atoms with Gasteiger partial charge in [0.15, 0.2) is 0 Å². The average Bonchev–Trinajstić information content (AvgIpc) is 1.85. The van der Waals surface area contributed by atoms with Gasteiger partial charge in [0, 0.05) is 12.0 Å². The summed E-state index contributed by atoms with van der Waals surface area (Å²) in [6, 6.07) is 0. The van der Waals surface area contributed by atoms with Gasteiger partial charge >= 0.3 is 0 Å². The van der Waals surface area contributed by atoms with Gasteiger partial charge in [0.25, 0.3) is 0 Å². The molecule has 0 aliphatic carbocycles. The quantitative estimate of drug-likeness (QED) is 0.647. The van der Waals surface area contributed by atoms with Crippen molar-refractivity contribution in [2.75, 3.05) is 6.54 Å². The van der Waals surface area contributed by atoms with Gasteiger partial charge in [-0.1, -0.05) is 20.8 Å². The van der Waals surface area contributed by atoms with Gasteiger partial charge < -0.3 is 11.1 Å². The van der Waals surface area contributed by atoms with E-state index in [0.29, 0.717) is 12.3 Å². The Kier molecular flexibility index (Phi) is 4.24. The molecular weight excluding hydrogens is 152 g/mol. The van der Waals surface area contributed by atoms with Crippen LogP contribution in [0.1, 0.15) is 34.1 Å². The molecule has 72 valence electrons. The van der Waals surface area contributed by atoms with Gasteiger partial charge in [0.2, 0.25) is 5.91 Å². The van der Waals surface area contributed by atoms with E-state index in [1.807, 2.05) is 13.8 Å². The Balaban J connectivity index is 4.28. The van der Waals surface area contributed by atoms with E-state index in [-0.39, 0.29) is 11.4 Å². The molecule has 3 heteroatoms. The highest BCUT2D eigenvalue weighted by Crippen LogP contribution is 2.19.